The number of carbonyl (C=O) groups is 4. The van der Waals surface area contributed by atoms with E-state index in [0.717, 1.165) is 11.8 Å². The monoisotopic (exact) mass is 588 g/mol. The van der Waals surface area contributed by atoms with Gasteiger partial charge in [0.05, 0.1) is 18.9 Å². The second kappa shape index (κ2) is 16.3. The minimum atomic E-state index is -1.41. The van der Waals surface area contributed by atoms with Gasteiger partial charge in [-0.05, 0) is 25.3 Å². The van der Waals surface area contributed by atoms with Gasteiger partial charge in [-0.2, -0.15) is 0 Å². The molecule has 2 unspecified atom stereocenters. The number of cyclic esters (lactones) is 2. The van der Waals surface area contributed by atoms with Crippen molar-refractivity contribution in [1.29, 1.82) is 0 Å². The molecule has 42 heavy (non-hydrogen) atoms. The van der Waals surface area contributed by atoms with Gasteiger partial charge in [-0.1, -0.05) is 37.3 Å². The lowest BCUT2D eigenvalue weighted by atomic mass is 9.91. The predicted octanol–water partition coefficient (Wildman–Crippen LogP) is 1.94. The Morgan fingerprint density at radius 3 is 2.60 bits per heavy atom. The van der Waals surface area contributed by atoms with Crippen molar-refractivity contribution in [3.63, 3.8) is 0 Å². The van der Waals surface area contributed by atoms with Crippen LogP contribution in [0, 0.1) is 5.92 Å². The summed E-state index contributed by atoms with van der Waals surface area (Å²) in [7, 11) is 1.43. The Labute approximate surface area is 243 Å². The zero-order valence-corrected chi connectivity index (χ0v) is 23.8. The van der Waals surface area contributed by atoms with Gasteiger partial charge in [-0.15, -0.1) is 0 Å². The van der Waals surface area contributed by atoms with Gasteiger partial charge in [-0.25, -0.2) is 9.78 Å². The van der Waals surface area contributed by atoms with E-state index in [9.17, 15) is 24.3 Å². The topological polar surface area (TPSA) is 169 Å². The number of methoxy groups -OCH3 is 1. The molecule has 2 N–H and O–H groups in total. The van der Waals surface area contributed by atoms with Crippen LogP contribution in [0.5, 0.6) is 11.5 Å². The number of aromatic nitrogens is 1. The average molecular weight is 589 g/mol. The van der Waals surface area contributed by atoms with E-state index in [4.69, 9.17) is 28.4 Å². The molecule has 1 amide bonds. The summed E-state index contributed by atoms with van der Waals surface area (Å²) in [6, 6.07) is 9.07. The van der Waals surface area contributed by atoms with Gasteiger partial charge in [-0.3, -0.25) is 14.4 Å². The minimum Gasteiger partial charge on any atom is -0.504 e. The molecule has 13 nitrogen and oxygen atoms in total. The molecule has 0 radical (unpaired) electrons. The molecule has 13 heteroatoms. The highest BCUT2D eigenvalue weighted by atomic mass is 16.7. The lowest BCUT2D eigenvalue weighted by Crippen LogP contribution is -2.46. The Morgan fingerprint density at radius 1 is 1.12 bits per heavy atom. The fraction of sp³-hybridized carbons (Fsp3) is 0.483. The Bertz CT molecular complexity index is 1210. The van der Waals surface area contributed by atoms with E-state index in [1.165, 1.54) is 13.2 Å². The van der Waals surface area contributed by atoms with Gasteiger partial charge in [0.15, 0.2) is 23.2 Å². The maximum Gasteiger partial charge on any atom is 0.332 e. The van der Waals surface area contributed by atoms with Crippen LogP contribution in [0.3, 0.4) is 0 Å². The van der Waals surface area contributed by atoms with Crippen LogP contribution in [0.1, 0.15) is 42.7 Å². The Hall–Kier alpha value is -4.23. The summed E-state index contributed by atoms with van der Waals surface area (Å²) >= 11 is 0. The average Bonchev–Trinajstić information content (AvgIpc) is 3.01. The molecule has 4 atom stereocenters. The molecule has 1 fully saturated rings. The quantitative estimate of drug-likeness (QED) is 0.198. The van der Waals surface area contributed by atoms with Crippen molar-refractivity contribution >= 4 is 23.8 Å². The Kier molecular flexibility index (Phi) is 12.5. The van der Waals surface area contributed by atoms with Crippen LogP contribution in [0.4, 0.5) is 0 Å². The molecule has 228 valence electrons. The minimum absolute atomic E-state index is 0.0241. The molecule has 1 aliphatic heterocycles. The molecule has 1 aromatic carbocycles. The van der Waals surface area contributed by atoms with Crippen LogP contribution in [0.15, 0.2) is 42.6 Å². The van der Waals surface area contributed by atoms with Gasteiger partial charge < -0.3 is 38.8 Å². The molecule has 0 aliphatic carbocycles. The number of aromatic hydroxyl groups is 1. The summed E-state index contributed by atoms with van der Waals surface area (Å²) in [5, 5.41) is 12.7. The second-order valence-corrected chi connectivity index (χ2v) is 9.46. The number of pyridine rings is 1. The van der Waals surface area contributed by atoms with Crippen molar-refractivity contribution in [2.45, 2.75) is 51.4 Å². The maximum absolute atomic E-state index is 13.3. The van der Waals surface area contributed by atoms with Crippen molar-refractivity contribution in [3.05, 3.63) is 53.9 Å². The number of hydrogen-bond acceptors (Lipinski definition) is 12. The second-order valence-electron chi connectivity index (χ2n) is 9.46. The number of hydrogen-bond donors (Lipinski definition) is 2. The van der Waals surface area contributed by atoms with E-state index in [1.807, 2.05) is 37.3 Å². The number of ether oxygens (including phenoxy) is 6. The third-order valence-electron chi connectivity index (χ3n) is 6.29. The van der Waals surface area contributed by atoms with E-state index in [2.05, 4.69) is 10.3 Å². The van der Waals surface area contributed by atoms with Crippen molar-refractivity contribution < 1.29 is 52.7 Å². The number of benzene rings is 1. The van der Waals surface area contributed by atoms with Gasteiger partial charge in [0.2, 0.25) is 6.79 Å². The summed E-state index contributed by atoms with van der Waals surface area (Å²) in [6.45, 7) is 2.87. The van der Waals surface area contributed by atoms with Crippen molar-refractivity contribution in [2.24, 2.45) is 5.92 Å². The van der Waals surface area contributed by atoms with Crippen LogP contribution < -0.4 is 10.1 Å². The normalized spacial score (nSPS) is 20.7. The number of rotatable bonds is 13. The SMILES string of the molecule is CCCOC1C(Cc2ccccc2)C(=O)OC[C@H](NC(=O)c2nccc(O)c2OCOC(=O)CCOC)C(=O)O[C@H]1C. The number of nitrogens with zero attached hydrogens (tertiary/aromatic N) is 1. The van der Waals surface area contributed by atoms with Crippen molar-refractivity contribution in [2.75, 3.05) is 33.7 Å². The fourth-order valence-electron chi connectivity index (χ4n) is 4.19. The zero-order valence-electron chi connectivity index (χ0n) is 23.8. The lowest BCUT2D eigenvalue weighted by molar-refractivity contribution is -0.164. The predicted molar refractivity (Wildman–Crippen MR) is 145 cm³/mol. The molecule has 2 aromatic rings. The number of amides is 1. The highest BCUT2D eigenvalue weighted by Gasteiger charge is 2.40. The molecule has 1 aliphatic rings. The smallest absolute Gasteiger partial charge is 0.332 e. The van der Waals surface area contributed by atoms with Gasteiger partial charge in [0.25, 0.3) is 5.91 Å². The highest BCUT2D eigenvalue weighted by Crippen LogP contribution is 2.29. The van der Waals surface area contributed by atoms with E-state index in [-0.39, 0.29) is 25.2 Å². The van der Waals surface area contributed by atoms with E-state index >= 15 is 0 Å². The van der Waals surface area contributed by atoms with Crippen molar-refractivity contribution in [1.82, 2.24) is 10.3 Å². The molecule has 0 bridgehead atoms. The van der Waals surface area contributed by atoms with Crippen LogP contribution >= 0.6 is 0 Å². The summed E-state index contributed by atoms with van der Waals surface area (Å²) in [6.07, 6.45) is 0.440. The summed E-state index contributed by atoms with van der Waals surface area (Å²) in [5.41, 5.74) is 0.472. The lowest BCUT2D eigenvalue weighted by Gasteiger charge is -2.29. The van der Waals surface area contributed by atoms with Crippen LogP contribution in [0.2, 0.25) is 0 Å². The first kappa shape index (κ1) is 32.3. The third kappa shape index (κ3) is 9.14. The van der Waals surface area contributed by atoms with Gasteiger partial charge in [0.1, 0.15) is 18.8 Å². The van der Waals surface area contributed by atoms with Crippen LogP contribution in [0.25, 0.3) is 0 Å². The first-order valence-electron chi connectivity index (χ1n) is 13.5. The molecular weight excluding hydrogens is 552 g/mol. The molecule has 0 spiro atoms. The fourth-order valence-corrected chi connectivity index (χ4v) is 4.19. The largest absolute Gasteiger partial charge is 0.504 e. The van der Waals surface area contributed by atoms with E-state index < -0.39 is 72.8 Å². The Balaban J connectivity index is 1.76. The first-order valence-corrected chi connectivity index (χ1v) is 13.5. The van der Waals surface area contributed by atoms with Crippen LogP contribution in [-0.4, -0.2) is 85.9 Å². The first-order chi connectivity index (χ1) is 20.2. The zero-order chi connectivity index (χ0) is 30.5. The van der Waals surface area contributed by atoms with E-state index in [1.54, 1.807) is 6.92 Å². The molecule has 1 aromatic heterocycles. The van der Waals surface area contributed by atoms with E-state index in [0.29, 0.717) is 13.0 Å². The molecule has 0 saturated carbocycles. The molecule has 2 heterocycles. The number of nitrogens with one attached hydrogen (secondary N) is 1. The third-order valence-corrected chi connectivity index (χ3v) is 6.29. The number of carbonyl (C=O) groups excluding carboxylic acids is 4. The summed E-state index contributed by atoms with van der Waals surface area (Å²) in [4.78, 5) is 55.2. The standard InChI is InChI=1S/C29H36N2O11/c1-4-13-38-25-18(2)42-29(36)21(16-39-28(35)20(25)15-19-8-6-5-7-9-19)31-27(34)24-26(22(32)10-12-30-24)41-17-40-23(33)11-14-37-3/h5-10,12,18,20-21,25H,4,11,13-17H2,1-3H3,(H,30,32)(H,31,34)/t18-,20?,21-,25?/m0/s1. The van der Waals surface area contributed by atoms with Gasteiger partial charge in [0, 0.05) is 26.0 Å². The maximum atomic E-state index is 13.3. The highest BCUT2D eigenvalue weighted by molar-refractivity contribution is 5.98. The summed E-state index contributed by atoms with van der Waals surface area (Å²) in [5.74, 6) is -4.65. The molecule has 3 rings (SSSR count). The van der Waals surface area contributed by atoms with Crippen LogP contribution in [-0.2, 0) is 44.5 Å². The molecule has 1 saturated heterocycles. The molecular formula is C29H36N2O11. The van der Waals surface area contributed by atoms with Crippen molar-refractivity contribution in [3.8, 4) is 11.5 Å². The van der Waals surface area contributed by atoms with Gasteiger partial charge >= 0.3 is 17.9 Å². The summed E-state index contributed by atoms with van der Waals surface area (Å²) < 4.78 is 32.1. The number of esters is 3. The Morgan fingerprint density at radius 2 is 1.88 bits per heavy atom.